The van der Waals surface area contributed by atoms with Crippen LogP contribution in [0.4, 0.5) is 23.1 Å². The van der Waals surface area contributed by atoms with Gasteiger partial charge < -0.3 is 15.0 Å². The predicted molar refractivity (Wildman–Crippen MR) is 110 cm³/mol. The highest BCUT2D eigenvalue weighted by Gasteiger charge is 2.22. The van der Waals surface area contributed by atoms with Crippen LogP contribution in [0.5, 0.6) is 0 Å². The highest BCUT2D eigenvalue weighted by Crippen LogP contribution is 2.33. The molecule has 0 unspecified atom stereocenters. The van der Waals surface area contributed by atoms with Crippen LogP contribution in [0.15, 0.2) is 54.6 Å². The third kappa shape index (κ3) is 3.67. The van der Waals surface area contributed by atoms with E-state index < -0.39 is 0 Å². The van der Waals surface area contributed by atoms with Crippen LogP contribution in [-0.2, 0) is 11.2 Å². The Morgan fingerprint density at radius 1 is 1.14 bits per heavy atom. The molecule has 0 bridgehead atoms. The van der Waals surface area contributed by atoms with E-state index >= 15 is 0 Å². The van der Waals surface area contributed by atoms with Gasteiger partial charge in [-0.25, -0.2) is 9.78 Å². The molecule has 142 valence electrons. The summed E-state index contributed by atoms with van der Waals surface area (Å²) < 4.78 is 5.02. The molecule has 1 aromatic heterocycles. The number of hydrogen-bond acceptors (Lipinski definition) is 6. The molecule has 0 aliphatic carbocycles. The molecule has 1 aliphatic rings. The first-order chi connectivity index (χ1) is 13.6. The average molecular weight is 374 g/mol. The van der Waals surface area contributed by atoms with E-state index in [0.29, 0.717) is 18.1 Å². The molecule has 0 saturated carbocycles. The second-order valence-electron chi connectivity index (χ2n) is 6.65. The molecule has 0 saturated heterocycles. The lowest BCUT2D eigenvalue weighted by atomic mass is 10.2. The number of nitrogens with one attached hydrogen (secondary N) is 1. The number of ether oxygens (including phenoxy) is 1. The summed E-state index contributed by atoms with van der Waals surface area (Å²) >= 11 is 0. The van der Waals surface area contributed by atoms with Crippen molar-refractivity contribution in [2.45, 2.75) is 20.3 Å². The highest BCUT2D eigenvalue weighted by molar-refractivity contribution is 5.89. The lowest BCUT2D eigenvalue weighted by Crippen LogP contribution is -2.17. The van der Waals surface area contributed by atoms with E-state index in [1.807, 2.05) is 31.2 Å². The molecule has 2 heterocycles. The number of fused-ring (bicyclic) bond motifs is 1. The number of anilines is 4. The predicted octanol–water partition coefficient (Wildman–Crippen LogP) is 4.40. The zero-order valence-corrected chi connectivity index (χ0v) is 16.0. The molecule has 4 rings (SSSR count). The Kier molecular flexibility index (Phi) is 4.93. The zero-order chi connectivity index (χ0) is 19.5. The van der Waals surface area contributed by atoms with E-state index in [1.54, 1.807) is 19.1 Å². The molecule has 0 atom stereocenters. The molecule has 6 nitrogen and oxygen atoms in total. The molecule has 1 N–H and O–H groups in total. The van der Waals surface area contributed by atoms with Crippen molar-refractivity contribution in [1.29, 1.82) is 0 Å². The number of carbonyl (C=O) groups excluding carboxylic acids is 1. The van der Waals surface area contributed by atoms with Gasteiger partial charge in [0.15, 0.2) is 0 Å². The summed E-state index contributed by atoms with van der Waals surface area (Å²) in [6.07, 6.45) is 0.992. The van der Waals surface area contributed by atoms with Crippen molar-refractivity contribution in [2.24, 2.45) is 0 Å². The monoisotopic (exact) mass is 374 g/mol. The van der Waals surface area contributed by atoms with Gasteiger partial charge in [0.2, 0.25) is 5.95 Å². The van der Waals surface area contributed by atoms with E-state index in [1.165, 1.54) is 5.56 Å². The molecular weight excluding hydrogens is 352 g/mol. The Morgan fingerprint density at radius 2 is 1.93 bits per heavy atom. The largest absolute Gasteiger partial charge is 0.462 e. The number of benzene rings is 2. The Labute approximate surface area is 164 Å². The lowest BCUT2D eigenvalue weighted by molar-refractivity contribution is 0.0526. The Hall–Kier alpha value is -3.41. The summed E-state index contributed by atoms with van der Waals surface area (Å²) in [5.41, 5.74) is 4.74. The van der Waals surface area contributed by atoms with Crippen molar-refractivity contribution in [3.8, 4) is 0 Å². The van der Waals surface area contributed by atoms with Crippen LogP contribution >= 0.6 is 0 Å². The minimum absolute atomic E-state index is 0.318. The summed E-state index contributed by atoms with van der Waals surface area (Å²) in [5, 5.41) is 3.30. The second-order valence-corrected chi connectivity index (χ2v) is 6.65. The first kappa shape index (κ1) is 18.0. The molecule has 28 heavy (non-hydrogen) atoms. The van der Waals surface area contributed by atoms with Crippen LogP contribution in [0.1, 0.15) is 28.5 Å². The number of hydrogen-bond donors (Lipinski definition) is 1. The topological polar surface area (TPSA) is 67.3 Å². The van der Waals surface area contributed by atoms with Crippen molar-refractivity contribution < 1.29 is 9.53 Å². The van der Waals surface area contributed by atoms with Crippen LogP contribution in [0.25, 0.3) is 0 Å². The number of aromatic nitrogens is 2. The van der Waals surface area contributed by atoms with Gasteiger partial charge in [-0.15, -0.1) is 0 Å². The number of nitrogens with zero attached hydrogens (tertiary/aromatic N) is 3. The summed E-state index contributed by atoms with van der Waals surface area (Å²) in [4.78, 5) is 23.3. The maximum atomic E-state index is 11.8. The number of carbonyl (C=O) groups is 1. The Morgan fingerprint density at radius 3 is 2.71 bits per heavy atom. The quantitative estimate of drug-likeness (QED) is 0.668. The Bertz CT molecular complexity index is 1000. The van der Waals surface area contributed by atoms with Gasteiger partial charge in [0.1, 0.15) is 5.82 Å². The molecule has 0 amide bonds. The third-order valence-electron chi connectivity index (χ3n) is 4.64. The number of esters is 1. The van der Waals surface area contributed by atoms with Gasteiger partial charge in [0, 0.05) is 29.7 Å². The van der Waals surface area contributed by atoms with Crippen molar-refractivity contribution in [2.75, 3.05) is 23.4 Å². The van der Waals surface area contributed by atoms with Crippen LogP contribution in [-0.4, -0.2) is 29.1 Å². The number of aryl methyl sites for hydroxylation is 1. The van der Waals surface area contributed by atoms with Crippen LogP contribution in [0, 0.1) is 6.92 Å². The summed E-state index contributed by atoms with van der Waals surface area (Å²) in [6.45, 7) is 4.99. The standard InChI is InChI=1S/C22H22N4O2/c1-3-28-21(27)17-8-10-18(11-9-17)24-20-14-15(2)23-22(25-20)26-13-12-16-6-4-5-7-19(16)26/h4-11,14H,3,12-13H2,1-2H3,(H,23,24,25). The van der Waals surface area contributed by atoms with E-state index in [4.69, 9.17) is 9.72 Å². The van der Waals surface area contributed by atoms with Gasteiger partial charge in [-0.05, 0) is 56.2 Å². The smallest absolute Gasteiger partial charge is 0.338 e. The van der Waals surface area contributed by atoms with Gasteiger partial charge >= 0.3 is 5.97 Å². The first-order valence-electron chi connectivity index (χ1n) is 9.39. The summed E-state index contributed by atoms with van der Waals surface area (Å²) in [7, 11) is 0. The van der Waals surface area contributed by atoms with Gasteiger partial charge in [-0.3, -0.25) is 0 Å². The lowest BCUT2D eigenvalue weighted by Gasteiger charge is -2.18. The molecule has 1 aliphatic heterocycles. The molecule has 2 aromatic carbocycles. The Balaban J connectivity index is 1.56. The maximum absolute atomic E-state index is 11.8. The van der Waals surface area contributed by atoms with Gasteiger partial charge in [0.25, 0.3) is 0 Å². The fourth-order valence-corrected chi connectivity index (χ4v) is 3.34. The van der Waals surface area contributed by atoms with Gasteiger partial charge in [-0.1, -0.05) is 18.2 Å². The fraction of sp³-hybridized carbons (Fsp3) is 0.227. The summed E-state index contributed by atoms with van der Waals surface area (Å²) in [6, 6.07) is 17.4. The normalized spacial score (nSPS) is 12.6. The molecule has 0 fully saturated rings. The van der Waals surface area contributed by atoms with Crippen molar-refractivity contribution in [3.63, 3.8) is 0 Å². The molecular formula is C22H22N4O2. The minimum atomic E-state index is -0.318. The molecule has 0 radical (unpaired) electrons. The molecule has 3 aromatic rings. The zero-order valence-electron chi connectivity index (χ0n) is 16.0. The molecule has 6 heteroatoms. The minimum Gasteiger partial charge on any atom is -0.462 e. The third-order valence-corrected chi connectivity index (χ3v) is 4.64. The van der Waals surface area contributed by atoms with Gasteiger partial charge in [0.05, 0.1) is 12.2 Å². The van der Waals surface area contributed by atoms with Crippen molar-refractivity contribution in [3.05, 3.63) is 71.4 Å². The van der Waals surface area contributed by atoms with E-state index in [-0.39, 0.29) is 5.97 Å². The van der Waals surface area contributed by atoms with E-state index in [0.717, 1.165) is 35.9 Å². The second kappa shape index (κ2) is 7.68. The van der Waals surface area contributed by atoms with Gasteiger partial charge in [-0.2, -0.15) is 4.98 Å². The van der Waals surface area contributed by atoms with E-state index in [9.17, 15) is 4.79 Å². The highest BCUT2D eigenvalue weighted by atomic mass is 16.5. The molecule has 0 spiro atoms. The SMILES string of the molecule is CCOC(=O)c1ccc(Nc2cc(C)nc(N3CCc4ccccc43)n2)cc1. The van der Waals surface area contributed by atoms with Crippen LogP contribution in [0.3, 0.4) is 0 Å². The van der Waals surface area contributed by atoms with Crippen LogP contribution < -0.4 is 10.2 Å². The van der Waals surface area contributed by atoms with Crippen LogP contribution in [0.2, 0.25) is 0 Å². The fourth-order valence-electron chi connectivity index (χ4n) is 3.34. The van der Waals surface area contributed by atoms with Crippen molar-refractivity contribution in [1.82, 2.24) is 9.97 Å². The summed E-state index contributed by atoms with van der Waals surface area (Å²) in [5.74, 6) is 1.09. The number of para-hydroxylation sites is 1. The average Bonchev–Trinajstić information content (AvgIpc) is 3.12. The first-order valence-corrected chi connectivity index (χ1v) is 9.39. The van der Waals surface area contributed by atoms with E-state index in [2.05, 4.69) is 33.4 Å². The maximum Gasteiger partial charge on any atom is 0.338 e. The number of rotatable bonds is 5. The van der Waals surface area contributed by atoms with Crippen molar-refractivity contribution >= 4 is 29.1 Å².